The van der Waals surface area contributed by atoms with Crippen molar-refractivity contribution < 1.29 is 0 Å². The third-order valence-electron chi connectivity index (χ3n) is 12.0. The van der Waals surface area contributed by atoms with Gasteiger partial charge in [-0.3, -0.25) is 0 Å². The fraction of sp³-hybridized carbons (Fsp3) is 0. The van der Waals surface area contributed by atoms with Crippen LogP contribution < -0.4 is 4.90 Å². The van der Waals surface area contributed by atoms with Crippen LogP contribution in [0.25, 0.3) is 88.0 Å². The van der Waals surface area contributed by atoms with E-state index >= 15 is 0 Å². The standard InChI is InChI=1S/C60H41N/c1-5-15-42(16-6-1)43-29-32-51(33-30-43)61(52-34-37-54(44-17-7-2-8-18-44)58(40-52)45-19-9-3-10-20-45)53-35-38-55(59(41-53)46-21-11-4-12-22-46)49-31-36-57-50(39-49)28-27-48-26-25-47-23-13-14-24-56(47)60(48)57/h1-41H. The molecule has 1 heteroatoms. The number of benzene rings is 11. The Labute approximate surface area is 357 Å². The zero-order valence-electron chi connectivity index (χ0n) is 33.6. The lowest BCUT2D eigenvalue weighted by Gasteiger charge is -2.28. The minimum absolute atomic E-state index is 1.08. The maximum absolute atomic E-state index is 2.41. The van der Waals surface area contributed by atoms with Gasteiger partial charge in [0.25, 0.3) is 0 Å². The molecule has 11 rings (SSSR count). The monoisotopic (exact) mass is 775 g/mol. The molecule has 0 amide bonds. The predicted molar refractivity (Wildman–Crippen MR) is 261 cm³/mol. The molecular formula is C60H41N. The molecule has 1 nitrogen and oxygen atoms in total. The Morgan fingerprint density at radius 1 is 0.213 bits per heavy atom. The van der Waals surface area contributed by atoms with E-state index in [1.165, 1.54) is 88.0 Å². The van der Waals surface area contributed by atoms with E-state index in [0.717, 1.165) is 17.1 Å². The van der Waals surface area contributed by atoms with Crippen molar-refractivity contribution in [3.05, 3.63) is 249 Å². The number of anilines is 3. The maximum atomic E-state index is 2.41. The highest BCUT2D eigenvalue weighted by molar-refractivity contribution is 6.20. The molecule has 0 saturated carbocycles. The average Bonchev–Trinajstić information content (AvgIpc) is 3.35. The first-order valence-electron chi connectivity index (χ1n) is 21.0. The van der Waals surface area contributed by atoms with Crippen LogP contribution in [-0.4, -0.2) is 0 Å². The van der Waals surface area contributed by atoms with Gasteiger partial charge in [-0.25, -0.2) is 0 Å². The van der Waals surface area contributed by atoms with Crippen molar-refractivity contribution in [2.75, 3.05) is 4.90 Å². The number of fused-ring (bicyclic) bond motifs is 5. The number of nitrogens with zero attached hydrogens (tertiary/aromatic N) is 1. The summed E-state index contributed by atoms with van der Waals surface area (Å²) >= 11 is 0. The van der Waals surface area contributed by atoms with Crippen LogP contribution >= 0.6 is 0 Å². The van der Waals surface area contributed by atoms with E-state index in [0.29, 0.717) is 0 Å². The van der Waals surface area contributed by atoms with Gasteiger partial charge in [0, 0.05) is 17.1 Å². The summed E-state index contributed by atoms with van der Waals surface area (Å²) in [6, 6.07) is 90.5. The molecular weight excluding hydrogens is 735 g/mol. The zero-order chi connectivity index (χ0) is 40.5. The Morgan fingerprint density at radius 2 is 0.623 bits per heavy atom. The zero-order valence-corrected chi connectivity index (χ0v) is 33.6. The first kappa shape index (κ1) is 36.1. The Bertz CT molecular complexity index is 3320. The molecule has 0 bridgehead atoms. The molecule has 0 spiro atoms. The summed E-state index contributed by atoms with van der Waals surface area (Å²) in [5, 5.41) is 7.63. The molecule has 286 valence electrons. The van der Waals surface area contributed by atoms with Gasteiger partial charge in [-0.05, 0) is 130 Å². The second-order valence-corrected chi connectivity index (χ2v) is 15.7. The average molecular weight is 776 g/mol. The molecule has 0 aliphatic heterocycles. The van der Waals surface area contributed by atoms with Gasteiger partial charge in [0.2, 0.25) is 0 Å². The van der Waals surface area contributed by atoms with Gasteiger partial charge in [0.15, 0.2) is 0 Å². The van der Waals surface area contributed by atoms with Crippen LogP contribution in [-0.2, 0) is 0 Å². The predicted octanol–water partition coefficient (Wildman–Crippen LogP) is 17.0. The lowest BCUT2D eigenvalue weighted by Crippen LogP contribution is -2.10. The van der Waals surface area contributed by atoms with Gasteiger partial charge in [0.1, 0.15) is 0 Å². The van der Waals surface area contributed by atoms with Crippen LogP contribution in [0.15, 0.2) is 249 Å². The van der Waals surface area contributed by atoms with E-state index in [9.17, 15) is 0 Å². The van der Waals surface area contributed by atoms with Gasteiger partial charge >= 0.3 is 0 Å². The molecule has 61 heavy (non-hydrogen) atoms. The normalized spacial score (nSPS) is 11.3. The van der Waals surface area contributed by atoms with Crippen molar-refractivity contribution in [2.45, 2.75) is 0 Å². The third-order valence-corrected chi connectivity index (χ3v) is 12.0. The van der Waals surface area contributed by atoms with Crippen molar-refractivity contribution in [3.63, 3.8) is 0 Å². The quantitative estimate of drug-likeness (QED) is 0.139. The van der Waals surface area contributed by atoms with E-state index in [2.05, 4.69) is 254 Å². The van der Waals surface area contributed by atoms with E-state index in [1.807, 2.05) is 0 Å². The van der Waals surface area contributed by atoms with Crippen molar-refractivity contribution in [3.8, 4) is 55.6 Å². The van der Waals surface area contributed by atoms with Crippen LogP contribution in [0.4, 0.5) is 17.1 Å². The Balaban J connectivity index is 1.10. The van der Waals surface area contributed by atoms with Crippen LogP contribution in [0, 0.1) is 0 Å². The molecule has 0 aliphatic carbocycles. The molecule has 0 radical (unpaired) electrons. The van der Waals surface area contributed by atoms with Crippen LogP contribution in [0.2, 0.25) is 0 Å². The van der Waals surface area contributed by atoms with Gasteiger partial charge in [0.05, 0.1) is 0 Å². The lowest BCUT2D eigenvalue weighted by atomic mass is 9.90. The second kappa shape index (κ2) is 15.6. The minimum atomic E-state index is 1.08. The largest absolute Gasteiger partial charge is 0.310 e. The molecule has 0 fully saturated rings. The topological polar surface area (TPSA) is 3.24 Å². The number of hydrogen-bond donors (Lipinski definition) is 0. The fourth-order valence-electron chi connectivity index (χ4n) is 9.06. The van der Waals surface area contributed by atoms with Crippen LogP contribution in [0.5, 0.6) is 0 Å². The minimum Gasteiger partial charge on any atom is -0.310 e. The summed E-state index contributed by atoms with van der Waals surface area (Å²) < 4.78 is 0. The maximum Gasteiger partial charge on any atom is 0.0468 e. The van der Waals surface area contributed by atoms with Crippen molar-refractivity contribution >= 4 is 49.4 Å². The molecule has 0 unspecified atom stereocenters. The SMILES string of the molecule is c1ccc(-c2ccc(N(c3ccc(-c4ccccc4)c(-c4ccccc4)c3)c3ccc(-c4ccc5c(ccc6ccc7ccccc7c65)c4)c(-c4ccccc4)c3)cc2)cc1. The van der Waals surface area contributed by atoms with Gasteiger partial charge in [-0.15, -0.1) is 0 Å². The van der Waals surface area contributed by atoms with Gasteiger partial charge in [-0.1, -0.05) is 206 Å². The van der Waals surface area contributed by atoms with E-state index < -0.39 is 0 Å². The van der Waals surface area contributed by atoms with Crippen LogP contribution in [0.1, 0.15) is 0 Å². The van der Waals surface area contributed by atoms with E-state index in [1.54, 1.807) is 0 Å². The highest BCUT2D eigenvalue weighted by Crippen LogP contribution is 2.44. The second-order valence-electron chi connectivity index (χ2n) is 15.7. The summed E-state index contributed by atoms with van der Waals surface area (Å²) in [6.45, 7) is 0. The molecule has 0 saturated heterocycles. The molecule has 0 aliphatic rings. The van der Waals surface area contributed by atoms with Crippen molar-refractivity contribution in [1.29, 1.82) is 0 Å². The summed E-state index contributed by atoms with van der Waals surface area (Å²) in [4.78, 5) is 2.41. The number of hydrogen-bond acceptors (Lipinski definition) is 1. The molecule has 11 aromatic rings. The highest BCUT2D eigenvalue weighted by atomic mass is 15.1. The lowest BCUT2D eigenvalue weighted by molar-refractivity contribution is 1.28. The summed E-state index contributed by atoms with van der Waals surface area (Å²) in [6.07, 6.45) is 0. The summed E-state index contributed by atoms with van der Waals surface area (Å²) in [5.74, 6) is 0. The highest BCUT2D eigenvalue weighted by Gasteiger charge is 2.19. The Morgan fingerprint density at radius 3 is 1.21 bits per heavy atom. The van der Waals surface area contributed by atoms with E-state index in [-0.39, 0.29) is 0 Å². The third kappa shape index (κ3) is 6.83. The smallest absolute Gasteiger partial charge is 0.0468 e. The summed E-state index contributed by atoms with van der Waals surface area (Å²) in [7, 11) is 0. The van der Waals surface area contributed by atoms with Crippen molar-refractivity contribution in [1.82, 2.24) is 0 Å². The molecule has 0 heterocycles. The molecule has 0 atom stereocenters. The Kier molecular flexibility index (Phi) is 9.26. The Hall–Kier alpha value is -8.00. The fourth-order valence-corrected chi connectivity index (χ4v) is 9.06. The van der Waals surface area contributed by atoms with Gasteiger partial charge in [-0.2, -0.15) is 0 Å². The first-order valence-corrected chi connectivity index (χ1v) is 21.0. The summed E-state index contributed by atoms with van der Waals surface area (Å²) in [5.41, 5.74) is 15.1. The van der Waals surface area contributed by atoms with E-state index in [4.69, 9.17) is 0 Å². The van der Waals surface area contributed by atoms with Crippen molar-refractivity contribution in [2.24, 2.45) is 0 Å². The van der Waals surface area contributed by atoms with Gasteiger partial charge < -0.3 is 4.90 Å². The first-order chi connectivity index (χ1) is 30.2. The number of rotatable bonds is 8. The molecule has 0 aromatic heterocycles. The van der Waals surface area contributed by atoms with Crippen LogP contribution in [0.3, 0.4) is 0 Å². The molecule has 0 N–H and O–H groups in total. The molecule has 11 aromatic carbocycles.